The van der Waals surface area contributed by atoms with Gasteiger partial charge in [-0.1, -0.05) is 18.2 Å². The summed E-state index contributed by atoms with van der Waals surface area (Å²) < 4.78 is 0. The summed E-state index contributed by atoms with van der Waals surface area (Å²) in [5, 5.41) is 11.0. The van der Waals surface area contributed by atoms with E-state index in [2.05, 4.69) is 6.58 Å². The molecule has 0 spiro atoms. The van der Waals surface area contributed by atoms with Crippen molar-refractivity contribution in [2.75, 3.05) is 13.1 Å². The van der Waals surface area contributed by atoms with E-state index in [0.29, 0.717) is 13.1 Å². The lowest BCUT2D eigenvalue weighted by Crippen LogP contribution is -2.23. The van der Waals surface area contributed by atoms with Gasteiger partial charge in [0.25, 0.3) is 0 Å². The van der Waals surface area contributed by atoms with E-state index >= 15 is 0 Å². The van der Waals surface area contributed by atoms with Gasteiger partial charge in [0, 0.05) is 19.2 Å². The van der Waals surface area contributed by atoms with Crippen LogP contribution in [0.15, 0.2) is 36.8 Å². The second kappa shape index (κ2) is 3.11. The summed E-state index contributed by atoms with van der Waals surface area (Å²) in [4.78, 5) is 1.72. The summed E-state index contributed by atoms with van der Waals surface area (Å²) in [5.41, 5.74) is 0. The molecule has 0 fully saturated rings. The van der Waals surface area contributed by atoms with E-state index in [1.54, 1.807) is 23.1 Å². The van der Waals surface area contributed by atoms with E-state index in [0.717, 1.165) is 0 Å². The smallest absolute Gasteiger partial charge is 0.247 e. The van der Waals surface area contributed by atoms with Crippen LogP contribution in [0.5, 0.6) is 0 Å². The number of hydrogen-bond donors (Lipinski definition) is 0. The van der Waals surface area contributed by atoms with Crippen LogP contribution in [0.1, 0.15) is 0 Å². The van der Waals surface area contributed by atoms with Gasteiger partial charge in [0.15, 0.2) is 0 Å². The Kier molecular flexibility index (Phi) is 2.15. The van der Waals surface area contributed by atoms with Gasteiger partial charge in [0.05, 0.1) is 0 Å². The fourth-order valence-electron chi connectivity index (χ4n) is 0.854. The van der Waals surface area contributed by atoms with E-state index < -0.39 is 0 Å². The summed E-state index contributed by atoms with van der Waals surface area (Å²) in [6.07, 6.45) is 7.02. The lowest BCUT2D eigenvalue weighted by molar-refractivity contribution is 0.164. The minimum atomic E-state index is 0.0717. The first-order valence-electron chi connectivity index (χ1n) is 3.24. The summed E-state index contributed by atoms with van der Waals surface area (Å²) in [7, 11) is 0. The van der Waals surface area contributed by atoms with Gasteiger partial charge < -0.3 is 4.90 Å². The van der Waals surface area contributed by atoms with Gasteiger partial charge in [0.1, 0.15) is 0 Å². The zero-order valence-corrected chi connectivity index (χ0v) is 5.79. The molecular formula is C8H10NO. The minimum absolute atomic E-state index is 0.0717. The molecule has 2 heteroatoms. The topological polar surface area (TPSA) is 23.1 Å². The number of nitrogens with zero attached hydrogens (tertiary/aromatic N) is 1. The van der Waals surface area contributed by atoms with E-state index in [1.165, 1.54) is 0 Å². The molecule has 1 heterocycles. The number of rotatable bonds is 2. The van der Waals surface area contributed by atoms with Crippen LogP contribution in [0.3, 0.4) is 0 Å². The van der Waals surface area contributed by atoms with Gasteiger partial charge in [-0.3, -0.25) is 5.11 Å². The molecule has 0 amide bonds. The Morgan fingerprint density at radius 1 is 1.80 bits per heavy atom. The molecule has 53 valence electrons. The van der Waals surface area contributed by atoms with Crippen molar-refractivity contribution < 1.29 is 5.11 Å². The maximum absolute atomic E-state index is 11.0. The van der Waals surface area contributed by atoms with Gasteiger partial charge in [0.2, 0.25) is 5.88 Å². The molecule has 0 saturated heterocycles. The summed E-state index contributed by atoms with van der Waals surface area (Å²) >= 11 is 0. The second-order valence-corrected chi connectivity index (χ2v) is 2.13. The third-order valence-electron chi connectivity index (χ3n) is 1.36. The van der Waals surface area contributed by atoms with Gasteiger partial charge >= 0.3 is 0 Å². The molecule has 0 aliphatic carbocycles. The highest BCUT2D eigenvalue weighted by Gasteiger charge is 2.07. The molecule has 1 radical (unpaired) electrons. The van der Waals surface area contributed by atoms with Crippen molar-refractivity contribution in [3.63, 3.8) is 0 Å². The Balaban J connectivity index is 2.55. The number of allylic oxidation sites excluding steroid dienone is 2. The molecule has 2 nitrogen and oxygen atoms in total. The van der Waals surface area contributed by atoms with Crippen LogP contribution in [0.25, 0.3) is 0 Å². The minimum Gasteiger partial charge on any atom is -0.332 e. The molecule has 0 aromatic carbocycles. The second-order valence-electron chi connectivity index (χ2n) is 2.13. The first kappa shape index (κ1) is 6.93. The summed E-state index contributed by atoms with van der Waals surface area (Å²) in [6.45, 7) is 4.91. The van der Waals surface area contributed by atoms with Gasteiger partial charge in [-0.05, 0) is 0 Å². The van der Waals surface area contributed by atoms with Crippen molar-refractivity contribution in [2.24, 2.45) is 0 Å². The SMILES string of the molecule is C=CCN1CC=CC=C1[O]. The fraction of sp³-hybridized carbons (Fsp3) is 0.250. The third-order valence-corrected chi connectivity index (χ3v) is 1.36. The van der Waals surface area contributed by atoms with Crippen LogP contribution in [0.2, 0.25) is 0 Å². The normalized spacial score (nSPS) is 16.8. The fourth-order valence-corrected chi connectivity index (χ4v) is 0.854. The van der Waals surface area contributed by atoms with Crippen molar-refractivity contribution in [3.8, 4) is 0 Å². The molecule has 0 N–H and O–H groups in total. The van der Waals surface area contributed by atoms with Crippen LogP contribution in [-0.2, 0) is 5.11 Å². The van der Waals surface area contributed by atoms with Crippen molar-refractivity contribution in [2.45, 2.75) is 0 Å². The Bertz CT molecular complexity index is 180. The van der Waals surface area contributed by atoms with E-state index in [4.69, 9.17) is 0 Å². The van der Waals surface area contributed by atoms with Crippen LogP contribution in [0.4, 0.5) is 0 Å². The molecule has 0 bridgehead atoms. The molecule has 1 aliphatic rings. The molecule has 0 atom stereocenters. The Hall–Kier alpha value is -1.18. The Morgan fingerprint density at radius 2 is 2.60 bits per heavy atom. The highest BCUT2D eigenvalue weighted by Crippen LogP contribution is 2.05. The third kappa shape index (κ3) is 1.41. The summed E-state index contributed by atoms with van der Waals surface area (Å²) in [5.74, 6) is 0.0717. The van der Waals surface area contributed by atoms with E-state index in [9.17, 15) is 5.11 Å². The maximum Gasteiger partial charge on any atom is 0.247 e. The average molecular weight is 136 g/mol. The highest BCUT2D eigenvalue weighted by atomic mass is 16.3. The molecule has 10 heavy (non-hydrogen) atoms. The molecule has 0 aromatic rings. The quantitative estimate of drug-likeness (QED) is 0.525. The van der Waals surface area contributed by atoms with Crippen molar-refractivity contribution in [1.82, 2.24) is 4.90 Å². The van der Waals surface area contributed by atoms with Gasteiger partial charge in [-0.15, -0.1) is 6.58 Å². The Morgan fingerprint density at radius 3 is 3.20 bits per heavy atom. The standard InChI is InChI=1S/C8H10NO/c1-2-6-9-7-4-3-5-8(9)10/h2-5H,1,6-7H2. The first-order chi connectivity index (χ1) is 4.84. The van der Waals surface area contributed by atoms with Crippen LogP contribution in [0, 0.1) is 0 Å². The van der Waals surface area contributed by atoms with Gasteiger partial charge in [-0.2, -0.15) is 0 Å². The van der Waals surface area contributed by atoms with Crippen LogP contribution in [-0.4, -0.2) is 18.0 Å². The predicted octanol–water partition coefficient (Wildman–Crippen LogP) is 1.32. The van der Waals surface area contributed by atoms with Gasteiger partial charge in [-0.25, -0.2) is 0 Å². The highest BCUT2D eigenvalue weighted by molar-refractivity contribution is 5.13. The maximum atomic E-state index is 11.0. The zero-order valence-electron chi connectivity index (χ0n) is 5.79. The van der Waals surface area contributed by atoms with Crippen molar-refractivity contribution in [1.29, 1.82) is 0 Å². The Labute approximate surface area is 60.8 Å². The largest absolute Gasteiger partial charge is 0.332 e. The van der Waals surface area contributed by atoms with Crippen LogP contribution < -0.4 is 0 Å². The average Bonchev–Trinajstić information content (AvgIpc) is 1.94. The molecule has 1 aliphatic heterocycles. The zero-order chi connectivity index (χ0) is 7.40. The van der Waals surface area contributed by atoms with E-state index in [-0.39, 0.29) is 5.88 Å². The van der Waals surface area contributed by atoms with Crippen molar-refractivity contribution >= 4 is 0 Å². The molecule has 0 unspecified atom stereocenters. The van der Waals surface area contributed by atoms with E-state index in [1.807, 2.05) is 6.08 Å². The number of hydrogen-bond acceptors (Lipinski definition) is 1. The molecule has 0 saturated carbocycles. The van der Waals surface area contributed by atoms with Crippen LogP contribution >= 0.6 is 0 Å². The molecule has 1 rings (SSSR count). The van der Waals surface area contributed by atoms with Crippen molar-refractivity contribution in [3.05, 3.63) is 36.8 Å². The lowest BCUT2D eigenvalue weighted by Gasteiger charge is -2.19. The predicted molar refractivity (Wildman–Crippen MR) is 39.7 cm³/mol. The summed E-state index contributed by atoms with van der Waals surface area (Å²) in [6, 6.07) is 0. The monoisotopic (exact) mass is 136 g/mol. The first-order valence-corrected chi connectivity index (χ1v) is 3.24. The molecule has 0 aromatic heterocycles. The molecular weight excluding hydrogens is 126 g/mol. The lowest BCUT2D eigenvalue weighted by atomic mass is 10.3.